The summed E-state index contributed by atoms with van der Waals surface area (Å²) in [6.45, 7) is 5.25. The molecule has 1 fully saturated rings. The second kappa shape index (κ2) is 7.62. The van der Waals surface area contributed by atoms with Gasteiger partial charge in [-0.1, -0.05) is 15.9 Å². The van der Waals surface area contributed by atoms with E-state index in [1.54, 1.807) is 0 Å². The Hall–Kier alpha value is -0.100. The quantitative estimate of drug-likeness (QED) is 0.796. The molecule has 0 unspecified atom stereocenters. The minimum atomic E-state index is 0.367. The van der Waals surface area contributed by atoms with Crippen LogP contribution in [-0.2, 0) is 11.3 Å². The molecule has 0 spiro atoms. The molecule has 1 N–H and O–H groups in total. The molecule has 3 nitrogen and oxygen atoms in total. The van der Waals surface area contributed by atoms with Crippen LogP contribution in [0.1, 0.15) is 25.3 Å². The van der Waals surface area contributed by atoms with Crippen LogP contribution in [0, 0.1) is 0 Å². The predicted octanol–water partition coefficient (Wildman–Crippen LogP) is 3.88. The second-order valence-corrected chi connectivity index (χ2v) is 6.34. The van der Waals surface area contributed by atoms with Gasteiger partial charge in [-0.05, 0) is 47.8 Å². The lowest BCUT2D eigenvalue weighted by Crippen LogP contribution is -2.26. The van der Waals surface area contributed by atoms with Crippen molar-refractivity contribution in [3.8, 4) is 5.75 Å². The minimum Gasteiger partial charge on any atom is -0.492 e. The first-order valence-electron chi connectivity index (χ1n) is 6.63. The lowest BCUT2D eigenvalue weighted by molar-refractivity contribution is 0.110. The number of rotatable bonds is 6. The third-order valence-electron chi connectivity index (χ3n) is 3.09. The van der Waals surface area contributed by atoms with E-state index in [9.17, 15) is 0 Å². The van der Waals surface area contributed by atoms with Crippen molar-refractivity contribution in [2.45, 2.75) is 32.4 Å². The maximum absolute atomic E-state index is 5.71. The van der Waals surface area contributed by atoms with Crippen molar-refractivity contribution in [1.29, 1.82) is 0 Å². The zero-order chi connectivity index (χ0) is 13.7. The number of hydrogen-bond donors (Lipinski definition) is 1. The number of ether oxygens (including phenoxy) is 2. The van der Waals surface area contributed by atoms with Gasteiger partial charge in [0, 0.05) is 29.7 Å². The summed E-state index contributed by atoms with van der Waals surface area (Å²) in [5.74, 6) is 0.922. The number of benzene rings is 1. The molecule has 0 bridgehead atoms. The van der Waals surface area contributed by atoms with Crippen LogP contribution < -0.4 is 10.1 Å². The fourth-order valence-corrected chi connectivity index (χ4v) is 3.65. The lowest BCUT2D eigenvalue weighted by atomic mass is 10.2. The van der Waals surface area contributed by atoms with Gasteiger partial charge >= 0.3 is 0 Å². The topological polar surface area (TPSA) is 30.5 Å². The monoisotopic (exact) mass is 391 g/mol. The van der Waals surface area contributed by atoms with Crippen molar-refractivity contribution in [3.63, 3.8) is 0 Å². The number of hydrogen-bond acceptors (Lipinski definition) is 3. The Morgan fingerprint density at radius 1 is 1.42 bits per heavy atom. The molecule has 1 aromatic carbocycles. The van der Waals surface area contributed by atoms with Crippen LogP contribution in [0.2, 0.25) is 0 Å². The molecule has 0 amide bonds. The van der Waals surface area contributed by atoms with Gasteiger partial charge in [0.2, 0.25) is 0 Å². The van der Waals surface area contributed by atoms with Crippen molar-refractivity contribution >= 4 is 31.9 Å². The molecule has 1 aliphatic rings. The molecule has 0 radical (unpaired) electrons. The fraction of sp³-hybridized carbons (Fsp3) is 0.571. The molecular formula is C14H19Br2NO2. The normalized spacial score (nSPS) is 18.8. The fourth-order valence-electron chi connectivity index (χ4n) is 2.22. The zero-order valence-corrected chi connectivity index (χ0v) is 14.2. The Morgan fingerprint density at radius 3 is 2.95 bits per heavy atom. The van der Waals surface area contributed by atoms with Gasteiger partial charge in [-0.2, -0.15) is 0 Å². The van der Waals surface area contributed by atoms with Crippen LogP contribution in [0.25, 0.3) is 0 Å². The Balaban J connectivity index is 1.97. The first-order valence-corrected chi connectivity index (χ1v) is 8.22. The summed E-state index contributed by atoms with van der Waals surface area (Å²) in [7, 11) is 0. The summed E-state index contributed by atoms with van der Waals surface area (Å²) in [5.41, 5.74) is 1.15. The van der Waals surface area contributed by atoms with E-state index in [4.69, 9.17) is 9.47 Å². The molecule has 0 saturated carbocycles. The highest BCUT2D eigenvalue weighted by Gasteiger charge is 2.15. The first kappa shape index (κ1) is 15.3. The molecule has 2 rings (SSSR count). The van der Waals surface area contributed by atoms with Crippen LogP contribution >= 0.6 is 31.9 Å². The van der Waals surface area contributed by atoms with Gasteiger partial charge in [-0.15, -0.1) is 0 Å². The van der Waals surface area contributed by atoms with E-state index in [0.29, 0.717) is 12.7 Å². The maximum atomic E-state index is 5.71. The van der Waals surface area contributed by atoms with E-state index in [1.165, 1.54) is 6.42 Å². The van der Waals surface area contributed by atoms with Crippen LogP contribution in [0.15, 0.2) is 21.1 Å². The van der Waals surface area contributed by atoms with E-state index < -0.39 is 0 Å². The molecule has 19 heavy (non-hydrogen) atoms. The molecular weight excluding hydrogens is 374 g/mol. The van der Waals surface area contributed by atoms with Crippen molar-refractivity contribution in [2.75, 3.05) is 19.8 Å². The average Bonchev–Trinajstić information content (AvgIpc) is 2.86. The molecule has 5 heteroatoms. The van der Waals surface area contributed by atoms with Crippen molar-refractivity contribution < 1.29 is 9.47 Å². The Morgan fingerprint density at radius 2 is 2.26 bits per heavy atom. The summed E-state index contributed by atoms with van der Waals surface area (Å²) < 4.78 is 13.3. The maximum Gasteiger partial charge on any atom is 0.138 e. The van der Waals surface area contributed by atoms with Crippen LogP contribution in [-0.4, -0.2) is 25.9 Å². The van der Waals surface area contributed by atoms with Crippen LogP contribution in [0.3, 0.4) is 0 Å². The molecule has 1 heterocycles. The third-order valence-corrected chi connectivity index (χ3v) is 4.13. The highest BCUT2D eigenvalue weighted by atomic mass is 79.9. The van der Waals surface area contributed by atoms with Crippen molar-refractivity contribution in [3.05, 3.63) is 26.6 Å². The second-order valence-electron chi connectivity index (χ2n) is 4.57. The molecule has 1 aromatic rings. The van der Waals surface area contributed by atoms with Gasteiger partial charge in [-0.25, -0.2) is 0 Å². The predicted molar refractivity (Wildman–Crippen MR) is 83.7 cm³/mol. The van der Waals surface area contributed by atoms with Crippen molar-refractivity contribution in [1.82, 2.24) is 5.32 Å². The van der Waals surface area contributed by atoms with Crippen LogP contribution in [0.4, 0.5) is 0 Å². The summed E-state index contributed by atoms with van der Waals surface area (Å²) >= 11 is 7.07. The molecule has 1 aliphatic heterocycles. The smallest absolute Gasteiger partial charge is 0.138 e. The zero-order valence-electron chi connectivity index (χ0n) is 11.0. The van der Waals surface area contributed by atoms with E-state index >= 15 is 0 Å². The van der Waals surface area contributed by atoms with Gasteiger partial charge in [0.15, 0.2) is 0 Å². The molecule has 0 aromatic heterocycles. The van der Waals surface area contributed by atoms with E-state index in [1.807, 2.05) is 13.0 Å². The SMILES string of the molecule is CCOc1c(Br)cc(Br)cc1CNC[C@@H]1CCCO1. The first-order chi connectivity index (χ1) is 9.20. The average molecular weight is 393 g/mol. The molecule has 1 saturated heterocycles. The van der Waals surface area contributed by atoms with Crippen LogP contribution in [0.5, 0.6) is 5.75 Å². The Kier molecular flexibility index (Phi) is 6.13. The molecule has 1 atom stereocenters. The number of nitrogens with one attached hydrogen (secondary N) is 1. The Labute approximate surface area is 131 Å². The third kappa shape index (κ3) is 4.45. The van der Waals surface area contributed by atoms with Gasteiger partial charge < -0.3 is 14.8 Å². The van der Waals surface area contributed by atoms with Gasteiger partial charge in [0.25, 0.3) is 0 Å². The summed E-state index contributed by atoms with van der Waals surface area (Å²) in [6, 6.07) is 4.10. The van der Waals surface area contributed by atoms with E-state index in [2.05, 4.69) is 43.2 Å². The largest absolute Gasteiger partial charge is 0.492 e. The lowest BCUT2D eigenvalue weighted by Gasteiger charge is -2.15. The number of halogens is 2. The molecule has 0 aliphatic carbocycles. The Bertz CT molecular complexity index is 420. The minimum absolute atomic E-state index is 0.367. The highest BCUT2D eigenvalue weighted by molar-refractivity contribution is 9.11. The standard InChI is InChI=1S/C14H19Br2NO2/c1-2-18-14-10(6-11(15)7-13(14)16)8-17-9-12-4-3-5-19-12/h6-7,12,17H,2-5,8-9H2,1H3/t12-/m0/s1. The van der Waals surface area contributed by atoms with Crippen molar-refractivity contribution in [2.24, 2.45) is 0 Å². The molecule has 106 valence electrons. The highest BCUT2D eigenvalue weighted by Crippen LogP contribution is 2.33. The van der Waals surface area contributed by atoms with E-state index in [0.717, 1.165) is 46.4 Å². The van der Waals surface area contributed by atoms with Gasteiger partial charge in [-0.3, -0.25) is 0 Å². The van der Waals surface area contributed by atoms with Gasteiger partial charge in [0.1, 0.15) is 5.75 Å². The summed E-state index contributed by atoms with van der Waals surface area (Å²) in [6.07, 6.45) is 2.71. The van der Waals surface area contributed by atoms with Gasteiger partial charge in [0.05, 0.1) is 17.2 Å². The van der Waals surface area contributed by atoms with E-state index in [-0.39, 0.29) is 0 Å². The summed E-state index contributed by atoms with van der Waals surface area (Å²) in [5, 5.41) is 3.45. The summed E-state index contributed by atoms with van der Waals surface area (Å²) in [4.78, 5) is 0.